The molecule has 0 spiro atoms. The van der Waals surface area contributed by atoms with E-state index in [1.165, 1.54) is 18.9 Å². The van der Waals surface area contributed by atoms with Crippen molar-refractivity contribution in [1.29, 1.82) is 5.26 Å². The van der Waals surface area contributed by atoms with E-state index < -0.39 is 0 Å². The van der Waals surface area contributed by atoms with Gasteiger partial charge in [-0.2, -0.15) is 5.26 Å². The summed E-state index contributed by atoms with van der Waals surface area (Å²) in [4.78, 5) is 16.3. The SMILES string of the molecule is N#Cc1ccccc1/C=C/C(=O)NCc1ccnc(OC2CCCC2)c1. The minimum absolute atomic E-state index is 0.215. The number of rotatable bonds is 6. The Morgan fingerprint density at radius 3 is 2.92 bits per heavy atom. The zero-order chi connectivity index (χ0) is 18.2. The normalized spacial score (nSPS) is 14.3. The lowest BCUT2D eigenvalue weighted by atomic mass is 10.1. The second kappa shape index (κ2) is 8.82. The van der Waals surface area contributed by atoms with Crippen molar-refractivity contribution in [3.63, 3.8) is 0 Å². The van der Waals surface area contributed by atoms with Crippen molar-refractivity contribution < 1.29 is 9.53 Å². The van der Waals surface area contributed by atoms with E-state index in [1.807, 2.05) is 18.2 Å². The minimum Gasteiger partial charge on any atom is -0.474 e. The first-order valence-electron chi connectivity index (χ1n) is 8.81. The summed E-state index contributed by atoms with van der Waals surface area (Å²) in [5.41, 5.74) is 2.20. The van der Waals surface area contributed by atoms with Crippen molar-refractivity contribution in [3.05, 3.63) is 65.4 Å². The van der Waals surface area contributed by atoms with Crippen LogP contribution in [0.4, 0.5) is 0 Å². The molecule has 1 heterocycles. The van der Waals surface area contributed by atoms with Crippen molar-refractivity contribution in [2.45, 2.75) is 38.3 Å². The number of carbonyl (C=O) groups is 1. The van der Waals surface area contributed by atoms with E-state index in [0.717, 1.165) is 24.0 Å². The average Bonchev–Trinajstić information content (AvgIpc) is 3.18. The Balaban J connectivity index is 1.54. The molecule has 0 saturated heterocycles. The van der Waals surface area contributed by atoms with Crippen LogP contribution in [0.15, 0.2) is 48.7 Å². The van der Waals surface area contributed by atoms with E-state index in [0.29, 0.717) is 18.0 Å². The molecule has 26 heavy (non-hydrogen) atoms. The van der Waals surface area contributed by atoms with Gasteiger partial charge in [-0.15, -0.1) is 0 Å². The Kier molecular flexibility index (Phi) is 6.00. The van der Waals surface area contributed by atoms with Gasteiger partial charge in [-0.25, -0.2) is 4.98 Å². The van der Waals surface area contributed by atoms with Crippen molar-refractivity contribution in [3.8, 4) is 11.9 Å². The summed E-state index contributed by atoms with van der Waals surface area (Å²) >= 11 is 0. The smallest absolute Gasteiger partial charge is 0.244 e. The Morgan fingerprint density at radius 1 is 1.31 bits per heavy atom. The molecule has 1 aromatic heterocycles. The monoisotopic (exact) mass is 347 g/mol. The van der Waals surface area contributed by atoms with E-state index in [4.69, 9.17) is 10.00 Å². The van der Waals surface area contributed by atoms with Crippen LogP contribution in [0, 0.1) is 11.3 Å². The number of amides is 1. The van der Waals surface area contributed by atoms with Crippen LogP contribution < -0.4 is 10.1 Å². The fourth-order valence-corrected chi connectivity index (χ4v) is 2.96. The Bertz CT molecular complexity index is 833. The highest BCUT2D eigenvalue weighted by molar-refractivity contribution is 5.92. The Hall–Kier alpha value is -3.13. The number of nitrogens with one attached hydrogen (secondary N) is 1. The highest BCUT2D eigenvalue weighted by Crippen LogP contribution is 2.23. The molecule has 1 saturated carbocycles. The molecule has 0 atom stereocenters. The van der Waals surface area contributed by atoms with Crippen LogP contribution in [-0.4, -0.2) is 17.0 Å². The molecule has 1 fully saturated rings. The minimum atomic E-state index is -0.215. The van der Waals surface area contributed by atoms with Gasteiger partial charge in [0.05, 0.1) is 11.6 Å². The molecular weight excluding hydrogens is 326 g/mol. The van der Waals surface area contributed by atoms with E-state index in [2.05, 4.69) is 16.4 Å². The van der Waals surface area contributed by atoms with Crippen molar-refractivity contribution in [1.82, 2.24) is 10.3 Å². The average molecular weight is 347 g/mol. The second-order valence-electron chi connectivity index (χ2n) is 6.28. The highest BCUT2D eigenvalue weighted by Gasteiger charge is 2.17. The molecule has 0 aliphatic heterocycles. The number of benzene rings is 1. The van der Waals surface area contributed by atoms with Gasteiger partial charge in [-0.1, -0.05) is 18.2 Å². The number of nitriles is 1. The molecule has 1 aliphatic carbocycles. The van der Waals surface area contributed by atoms with Crippen molar-refractivity contribution in [2.75, 3.05) is 0 Å². The molecule has 5 nitrogen and oxygen atoms in total. The number of ether oxygens (including phenoxy) is 1. The lowest BCUT2D eigenvalue weighted by Gasteiger charge is -2.12. The van der Waals surface area contributed by atoms with E-state index in [-0.39, 0.29) is 12.0 Å². The summed E-state index contributed by atoms with van der Waals surface area (Å²) in [7, 11) is 0. The predicted octanol–water partition coefficient (Wildman–Crippen LogP) is 3.60. The molecular formula is C21H21N3O2. The van der Waals surface area contributed by atoms with Crippen LogP contribution in [0.5, 0.6) is 5.88 Å². The number of carbonyl (C=O) groups excluding carboxylic acids is 1. The summed E-state index contributed by atoms with van der Waals surface area (Å²) < 4.78 is 5.89. The van der Waals surface area contributed by atoms with Gasteiger partial charge in [0, 0.05) is 24.9 Å². The first-order chi connectivity index (χ1) is 12.7. The number of nitrogens with zero attached hydrogens (tertiary/aromatic N) is 2. The van der Waals surface area contributed by atoms with E-state index >= 15 is 0 Å². The third-order valence-corrected chi connectivity index (χ3v) is 4.35. The molecule has 0 bridgehead atoms. The summed E-state index contributed by atoms with van der Waals surface area (Å²) in [6.07, 6.45) is 9.63. The van der Waals surface area contributed by atoms with Crippen LogP contribution in [0.25, 0.3) is 6.08 Å². The standard InChI is InChI=1S/C21H21N3O2/c22-14-18-6-2-1-5-17(18)9-10-20(25)24-15-16-11-12-23-21(13-16)26-19-7-3-4-8-19/h1-2,5-6,9-13,19H,3-4,7-8,15H2,(H,24,25)/b10-9+. The van der Waals surface area contributed by atoms with Gasteiger partial charge in [-0.3, -0.25) is 4.79 Å². The van der Waals surface area contributed by atoms with Gasteiger partial charge < -0.3 is 10.1 Å². The maximum absolute atomic E-state index is 12.0. The molecule has 132 valence electrons. The number of pyridine rings is 1. The molecule has 3 rings (SSSR count). The van der Waals surface area contributed by atoms with Crippen molar-refractivity contribution >= 4 is 12.0 Å². The highest BCUT2D eigenvalue weighted by atomic mass is 16.5. The van der Waals surface area contributed by atoms with Gasteiger partial charge >= 0.3 is 0 Å². The lowest BCUT2D eigenvalue weighted by molar-refractivity contribution is -0.116. The fourth-order valence-electron chi connectivity index (χ4n) is 2.96. The van der Waals surface area contributed by atoms with Crippen LogP contribution >= 0.6 is 0 Å². The molecule has 1 aromatic carbocycles. The molecule has 5 heteroatoms. The largest absolute Gasteiger partial charge is 0.474 e. The number of hydrogen-bond acceptors (Lipinski definition) is 4. The van der Waals surface area contributed by atoms with Crippen LogP contribution in [0.1, 0.15) is 42.4 Å². The molecule has 1 aliphatic rings. The topological polar surface area (TPSA) is 75.0 Å². The van der Waals surface area contributed by atoms with E-state index in [1.54, 1.807) is 30.5 Å². The quantitative estimate of drug-likeness (QED) is 0.810. The fraction of sp³-hybridized carbons (Fsp3) is 0.286. The molecule has 1 N–H and O–H groups in total. The first kappa shape index (κ1) is 17.7. The molecule has 1 amide bonds. The Labute approximate surface area is 153 Å². The predicted molar refractivity (Wildman–Crippen MR) is 99.2 cm³/mol. The van der Waals surface area contributed by atoms with Crippen molar-refractivity contribution in [2.24, 2.45) is 0 Å². The third kappa shape index (κ3) is 4.93. The zero-order valence-electron chi connectivity index (χ0n) is 14.5. The van der Waals surface area contributed by atoms with Crippen LogP contribution in [0.3, 0.4) is 0 Å². The first-order valence-corrected chi connectivity index (χ1v) is 8.81. The molecule has 0 unspecified atom stereocenters. The summed E-state index contributed by atoms with van der Waals surface area (Å²) in [6.45, 7) is 0.395. The molecule has 2 aromatic rings. The van der Waals surface area contributed by atoms with E-state index in [9.17, 15) is 4.79 Å². The van der Waals surface area contributed by atoms with Gasteiger partial charge in [0.2, 0.25) is 11.8 Å². The molecule has 0 radical (unpaired) electrons. The third-order valence-electron chi connectivity index (χ3n) is 4.35. The van der Waals surface area contributed by atoms with Gasteiger partial charge in [0.1, 0.15) is 6.10 Å². The van der Waals surface area contributed by atoms with Crippen LogP contribution in [-0.2, 0) is 11.3 Å². The van der Waals surface area contributed by atoms with Gasteiger partial charge in [0.25, 0.3) is 0 Å². The summed E-state index contributed by atoms with van der Waals surface area (Å²) in [6, 6.07) is 13.0. The maximum Gasteiger partial charge on any atom is 0.244 e. The lowest BCUT2D eigenvalue weighted by Crippen LogP contribution is -2.20. The number of hydrogen-bond donors (Lipinski definition) is 1. The zero-order valence-corrected chi connectivity index (χ0v) is 14.5. The van der Waals surface area contributed by atoms with Crippen LogP contribution in [0.2, 0.25) is 0 Å². The van der Waals surface area contributed by atoms with Gasteiger partial charge in [0.15, 0.2) is 0 Å². The Morgan fingerprint density at radius 2 is 2.12 bits per heavy atom. The maximum atomic E-state index is 12.0. The number of aromatic nitrogens is 1. The second-order valence-corrected chi connectivity index (χ2v) is 6.28. The van der Waals surface area contributed by atoms with Gasteiger partial charge in [-0.05, 0) is 55.0 Å². The summed E-state index contributed by atoms with van der Waals surface area (Å²) in [5, 5.41) is 11.9. The summed E-state index contributed by atoms with van der Waals surface area (Å²) in [5.74, 6) is 0.398.